The molecule has 0 N–H and O–H groups in total. The first-order valence-corrected chi connectivity index (χ1v) is 6.11. The number of pyridine rings is 1. The average molecular weight is 250 g/mol. The maximum absolute atomic E-state index is 5.37. The van der Waals surface area contributed by atoms with Crippen molar-refractivity contribution in [3.8, 4) is 5.88 Å². The quantitative estimate of drug-likeness (QED) is 0.711. The van der Waals surface area contributed by atoms with E-state index in [0.717, 1.165) is 17.1 Å². The van der Waals surface area contributed by atoms with Crippen LogP contribution in [0.3, 0.4) is 0 Å². The Bertz CT molecular complexity index is 714. The highest BCUT2D eigenvalue weighted by Gasteiger charge is 2.02. The van der Waals surface area contributed by atoms with Crippen LogP contribution in [-0.4, -0.2) is 16.5 Å². The van der Waals surface area contributed by atoms with E-state index in [0.29, 0.717) is 0 Å². The highest BCUT2D eigenvalue weighted by molar-refractivity contribution is 5.71. The first kappa shape index (κ1) is 11.5. The van der Waals surface area contributed by atoms with Gasteiger partial charge in [-0.15, -0.1) is 0 Å². The lowest BCUT2D eigenvalue weighted by atomic mass is 10.1. The molecule has 2 aromatic heterocycles. The van der Waals surface area contributed by atoms with Crippen LogP contribution in [0, 0.1) is 0 Å². The molecule has 3 nitrogen and oxygen atoms in total. The van der Waals surface area contributed by atoms with Crippen molar-refractivity contribution in [2.24, 2.45) is 0 Å². The van der Waals surface area contributed by atoms with Crippen LogP contribution in [0.25, 0.3) is 17.8 Å². The molecular weight excluding hydrogens is 236 g/mol. The molecule has 0 fully saturated rings. The molecule has 1 aromatic carbocycles. The number of methoxy groups -OCH3 is 1. The molecule has 0 saturated heterocycles. The number of imidazole rings is 1. The summed E-state index contributed by atoms with van der Waals surface area (Å²) >= 11 is 0. The first-order valence-electron chi connectivity index (χ1n) is 6.11. The van der Waals surface area contributed by atoms with Gasteiger partial charge in [0.2, 0.25) is 0 Å². The van der Waals surface area contributed by atoms with Crippen molar-refractivity contribution in [1.29, 1.82) is 0 Å². The summed E-state index contributed by atoms with van der Waals surface area (Å²) in [7, 11) is 1.67. The average Bonchev–Trinajstić information content (AvgIpc) is 2.93. The number of fused-ring (bicyclic) bond motifs is 1. The Morgan fingerprint density at radius 3 is 2.63 bits per heavy atom. The maximum atomic E-state index is 5.37. The summed E-state index contributed by atoms with van der Waals surface area (Å²) in [5.41, 5.74) is 3.12. The molecule has 0 atom stereocenters. The summed E-state index contributed by atoms with van der Waals surface area (Å²) in [5.74, 6) is 0.780. The molecule has 2 heterocycles. The molecule has 0 aliphatic heterocycles. The van der Waals surface area contributed by atoms with Crippen molar-refractivity contribution >= 4 is 17.8 Å². The number of rotatable bonds is 3. The molecule has 0 aliphatic carbocycles. The molecule has 3 rings (SSSR count). The van der Waals surface area contributed by atoms with Crippen LogP contribution in [0.1, 0.15) is 11.1 Å². The molecule has 0 aliphatic rings. The van der Waals surface area contributed by atoms with E-state index in [1.165, 1.54) is 5.56 Å². The van der Waals surface area contributed by atoms with Gasteiger partial charge in [0.15, 0.2) is 5.88 Å². The molecule has 0 bridgehead atoms. The highest BCUT2D eigenvalue weighted by Crippen LogP contribution is 2.19. The van der Waals surface area contributed by atoms with Gasteiger partial charge >= 0.3 is 0 Å². The number of benzene rings is 1. The van der Waals surface area contributed by atoms with E-state index in [4.69, 9.17) is 4.74 Å². The van der Waals surface area contributed by atoms with Crippen LogP contribution in [0.2, 0.25) is 0 Å². The monoisotopic (exact) mass is 250 g/mol. The fourth-order valence-electron chi connectivity index (χ4n) is 2.02. The lowest BCUT2D eigenvalue weighted by molar-refractivity contribution is 0.392. The fourth-order valence-corrected chi connectivity index (χ4v) is 2.02. The minimum atomic E-state index is 0.780. The lowest BCUT2D eigenvalue weighted by Crippen LogP contribution is -1.93. The van der Waals surface area contributed by atoms with E-state index >= 15 is 0 Å². The second-order valence-corrected chi connectivity index (χ2v) is 4.23. The predicted octanol–water partition coefficient (Wildman–Crippen LogP) is 3.51. The number of hydrogen-bond acceptors (Lipinski definition) is 2. The van der Waals surface area contributed by atoms with Crippen LogP contribution < -0.4 is 4.74 Å². The van der Waals surface area contributed by atoms with E-state index in [9.17, 15) is 0 Å². The molecule has 0 radical (unpaired) electrons. The van der Waals surface area contributed by atoms with Gasteiger partial charge < -0.3 is 4.74 Å². The van der Waals surface area contributed by atoms with Crippen LogP contribution in [0.5, 0.6) is 5.88 Å². The smallest absolute Gasteiger partial charge is 0.199 e. The van der Waals surface area contributed by atoms with Gasteiger partial charge in [0.25, 0.3) is 0 Å². The van der Waals surface area contributed by atoms with E-state index in [-0.39, 0.29) is 0 Å². The van der Waals surface area contributed by atoms with Crippen LogP contribution in [0.4, 0.5) is 0 Å². The Balaban J connectivity index is 1.99. The number of ether oxygens (including phenoxy) is 1. The lowest BCUT2D eigenvalue weighted by Gasteiger charge is -2.05. The summed E-state index contributed by atoms with van der Waals surface area (Å²) < 4.78 is 7.28. The third-order valence-electron chi connectivity index (χ3n) is 2.97. The zero-order valence-corrected chi connectivity index (χ0v) is 10.7. The van der Waals surface area contributed by atoms with Gasteiger partial charge in [-0.25, -0.2) is 4.98 Å². The van der Waals surface area contributed by atoms with Gasteiger partial charge in [-0.05, 0) is 17.2 Å². The van der Waals surface area contributed by atoms with Crippen molar-refractivity contribution in [3.05, 3.63) is 66.0 Å². The molecule has 0 unspecified atom stereocenters. The Hall–Kier alpha value is -2.55. The minimum absolute atomic E-state index is 0.780. The van der Waals surface area contributed by atoms with E-state index < -0.39 is 0 Å². The SMILES string of the molecule is COc1cc(/C=C/c2ccccc2)cc2nccn12. The summed E-state index contributed by atoms with van der Waals surface area (Å²) in [4.78, 5) is 4.29. The Labute approximate surface area is 111 Å². The van der Waals surface area contributed by atoms with Gasteiger partial charge in [-0.3, -0.25) is 4.40 Å². The van der Waals surface area contributed by atoms with E-state index in [1.807, 2.05) is 40.9 Å². The van der Waals surface area contributed by atoms with Crippen LogP contribution >= 0.6 is 0 Å². The van der Waals surface area contributed by atoms with E-state index in [2.05, 4.69) is 29.3 Å². The van der Waals surface area contributed by atoms with Gasteiger partial charge in [-0.1, -0.05) is 42.5 Å². The summed E-state index contributed by atoms with van der Waals surface area (Å²) in [6.07, 6.45) is 7.79. The Morgan fingerprint density at radius 2 is 1.84 bits per heavy atom. The molecule has 3 aromatic rings. The summed E-state index contributed by atoms with van der Waals surface area (Å²) in [6, 6.07) is 14.2. The molecule has 94 valence electrons. The fraction of sp³-hybridized carbons (Fsp3) is 0.0625. The molecule has 0 saturated carbocycles. The van der Waals surface area contributed by atoms with Gasteiger partial charge in [0, 0.05) is 18.5 Å². The number of hydrogen-bond donors (Lipinski definition) is 0. The summed E-state index contributed by atoms with van der Waals surface area (Å²) in [6.45, 7) is 0. The third kappa shape index (κ3) is 2.36. The molecular formula is C16H14N2O. The number of aromatic nitrogens is 2. The molecule has 0 amide bonds. The standard InChI is InChI=1S/C16H14N2O/c1-19-16-12-14(11-15-17-9-10-18(15)16)8-7-13-5-3-2-4-6-13/h2-12H,1H3/b8-7+. The van der Waals surface area contributed by atoms with E-state index in [1.54, 1.807) is 13.3 Å². The van der Waals surface area contributed by atoms with Gasteiger partial charge in [-0.2, -0.15) is 0 Å². The zero-order chi connectivity index (χ0) is 13.1. The van der Waals surface area contributed by atoms with Crippen LogP contribution in [0.15, 0.2) is 54.9 Å². The topological polar surface area (TPSA) is 26.5 Å². The Morgan fingerprint density at radius 1 is 1.05 bits per heavy atom. The maximum Gasteiger partial charge on any atom is 0.199 e. The zero-order valence-electron chi connectivity index (χ0n) is 10.7. The van der Waals surface area contributed by atoms with Crippen molar-refractivity contribution in [2.45, 2.75) is 0 Å². The minimum Gasteiger partial charge on any atom is -0.482 e. The predicted molar refractivity (Wildman–Crippen MR) is 77.1 cm³/mol. The van der Waals surface area contributed by atoms with Crippen molar-refractivity contribution < 1.29 is 4.74 Å². The molecule has 3 heteroatoms. The normalized spacial score (nSPS) is 11.2. The van der Waals surface area contributed by atoms with Gasteiger partial charge in [0.05, 0.1) is 7.11 Å². The Kier molecular flexibility index (Phi) is 3.02. The largest absolute Gasteiger partial charge is 0.482 e. The second kappa shape index (κ2) is 4.98. The first-order chi connectivity index (χ1) is 9.36. The van der Waals surface area contributed by atoms with Gasteiger partial charge in [0.1, 0.15) is 5.65 Å². The third-order valence-corrected chi connectivity index (χ3v) is 2.97. The number of nitrogens with zero attached hydrogens (tertiary/aromatic N) is 2. The van der Waals surface area contributed by atoms with Crippen molar-refractivity contribution in [2.75, 3.05) is 7.11 Å². The van der Waals surface area contributed by atoms with Crippen molar-refractivity contribution in [3.63, 3.8) is 0 Å². The summed E-state index contributed by atoms with van der Waals surface area (Å²) in [5, 5.41) is 0. The van der Waals surface area contributed by atoms with Crippen LogP contribution in [-0.2, 0) is 0 Å². The molecule has 0 spiro atoms. The highest BCUT2D eigenvalue weighted by atomic mass is 16.5. The van der Waals surface area contributed by atoms with Crippen molar-refractivity contribution in [1.82, 2.24) is 9.38 Å². The molecule has 19 heavy (non-hydrogen) atoms. The second-order valence-electron chi connectivity index (χ2n) is 4.23.